The summed E-state index contributed by atoms with van der Waals surface area (Å²) in [6.45, 7) is 3.71. The van der Waals surface area contributed by atoms with E-state index in [0.29, 0.717) is 15.6 Å². The highest BCUT2D eigenvalue weighted by atomic mass is 79.9. The molecule has 5 nitrogen and oxygen atoms in total. The number of halogens is 1. The fourth-order valence-corrected chi connectivity index (χ4v) is 3.10. The van der Waals surface area contributed by atoms with E-state index in [0.717, 1.165) is 5.52 Å². The molecule has 0 aliphatic heterocycles. The van der Waals surface area contributed by atoms with E-state index in [1.165, 1.54) is 6.20 Å². The van der Waals surface area contributed by atoms with Gasteiger partial charge >= 0.3 is 0 Å². The fourth-order valence-electron chi connectivity index (χ4n) is 1.59. The summed E-state index contributed by atoms with van der Waals surface area (Å²) in [6, 6.07) is 5.08. The number of H-pyrrole nitrogens is 1. The van der Waals surface area contributed by atoms with Crippen LogP contribution in [0, 0.1) is 0 Å². The summed E-state index contributed by atoms with van der Waals surface area (Å²) in [7, 11) is -3.58. The number of anilines is 1. The SMILES string of the molecule is C=C(Br)CNS(=O)(=O)c1c[nH]c2ccc(N)cc12. The minimum absolute atomic E-state index is 0.136. The number of hydrogen-bond acceptors (Lipinski definition) is 3. The molecule has 0 atom stereocenters. The number of aromatic amines is 1. The van der Waals surface area contributed by atoms with Crippen molar-refractivity contribution in [1.82, 2.24) is 9.71 Å². The van der Waals surface area contributed by atoms with Gasteiger partial charge in [0.15, 0.2) is 0 Å². The molecule has 1 heterocycles. The number of benzene rings is 1. The smallest absolute Gasteiger partial charge is 0.243 e. The minimum atomic E-state index is -3.58. The molecule has 0 unspecified atom stereocenters. The molecule has 0 aliphatic rings. The third-order valence-corrected chi connectivity index (χ3v) is 4.13. The number of nitrogens with two attached hydrogens (primary N) is 1. The maximum atomic E-state index is 12.1. The van der Waals surface area contributed by atoms with Crippen molar-refractivity contribution in [2.75, 3.05) is 12.3 Å². The van der Waals surface area contributed by atoms with Crippen LogP contribution < -0.4 is 10.5 Å². The average Bonchev–Trinajstić information content (AvgIpc) is 2.70. The van der Waals surface area contributed by atoms with Crippen LogP contribution in [-0.2, 0) is 10.0 Å². The van der Waals surface area contributed by atoms with Crippen molar-refractivity contribution in [1.29, 1.82) is 0 Å². The van der Waals surface area contributed by atoms with Gasteiger partial charge in [-0.15, -0.1) is 0 Å². The fraction of sp³-hybridized carbons (Fsp3) is 0.0909. The summed E-state index contributed by atoms with van der Waals surface area (Å²) >= 11 is 3.10. The lowest BCUT2D eigenvalue weighted by Crippen LogP contribution is -2.24. The van der Waals surface area contributed by atoms with Crippen LogP contribution >= 0.6 is 15.9 Å². The van der Waals surface area contributed by atoms with Gasteiger partial charge in [0.05, 0.1) is 0 Å². The quantitative estimate of drug-likeness (QED) is 0.749. The van der Waals surface area contributed by atoms with Gasteiger partial charge in [-0.1, -0.05) is 22.5 Å². The molecule has 96 valence electrons. The third kappa shape index (κ3) is 2.58. The molecule has 18 heavy (non-hydrogen) atoms. The zero-order valence-corrected chi connectivity index (χ0v) is 11.8. The molecule has 2 rings (SSSR count). The molecule has 0 radical (unpaired) electrons. The minimum Gasteiger partial charge on any atom is -0.399 e. The van der Waals surface area contributed by atoms with Crippen LogP contribution in [0.25, 0.3) is 10.9 Å². The summed E-state index contributed by atoms with van der Waals surface area (Å²) in [5.41, 5.74) is 6.91. The van der Waals surface area contributed by atoms with Crippen LogP contribution in [0.15, 0.2) is 40.4 Å². The van der Waals surface area contributed by atoms with E-state index in [2.05, 4.69) is 32.2 Å². The van der Waals surface area contributed by atoms with Crippen LogP contribution in [0.2, 0.25) is 0 Å². The van der Waals surface area contributed by atoms with Gasteiger partial charge in [0, 0.05) is 33.8 Å². The Morgan fingerprint density at radius 3 is 2.89 bits per heavy atom. The molecular formula is C11H12BrN3O2S. The predicted octanol–water partition coefficient (Wildman–Crippen LogP) is 1.94. The Labute approximate surface area is 113 Å². The Morgan fingerprint density at radius 2 is 2.22 bits per heavy atom. The molecule has 0 saturated heterocycles. The molecule has 0 aliphatic carbocycles. The number of nitrogen functional groups attached to an aromatic ring is 1. The van der Waals surface area contributed by atoms with E-state index in [-0.39, 0.29) is 11.4 Å². The van der Waals surface area contributed by atoms with Crippen LogP contribution in [-0.4, -0.2) is 19.9 Å². The molecule has 0 bridgehead atoms. The van der Waals surface area contributed by atoms with Crippen LogP contribution in [0.1, 0.15) is 0 Å². The van der Waals surface area contributed by atoms with E-state index in [4.69, 9.17) is 5.73 Å². The lowest BCUT2D eigenvalue weighted by molar-refractivity contribution is 0.586. The third-order valence-electron chi connectivity index (χ3n) is 2.41. The van der Waals surface area contributed by atoms with Gasteiger partial charge < -0.3 is 10.7 Å². The van der Waals surface area contributed by atoms with Gasteiger partial charge in [-0.2, -0.15) is 0 Å². The van der Waals surface area contributed by atoms with Crippen molar-refractivity contribution >= 4 is 42.5 Å². The molecule has 0 saturated carbocycles. The van der Waals surface area contributed by atoms with E-state index in [9.17, 15) is 8.42 Å². The largest absolute Gasteiger partial charge is 0.399 e. The number of aromatic nitrogens is 1. The topological polar surface area (TPSA) is 88.0 Å². The molecule has 1 aromatic carbocycles. The van der Waals surface area contributed by atoms with E-state index < -0.39 is 10.0 Å². The highest BCUT2D eigenvalue weighted by molar-refractivity contribution is 9.11. The molecule has 2 aromatic rings. The second-order valence-corrected chi connectivity index (χ2v) is 6.66. The molecule has 0 spiro atoms. The number of nitrogens with one attached hydrogen (secondary N) is 2. The molecule has 0 fully saturated rings. The van der Waals surface area contributed by atoms with Gasteiger partial charge in [0.1, 0.15) is 4.90 Å². The van der Waals surface area contributed by atoms with Crippen molar-refractivity contribution in [2.45, 2.75) is 4.90 Å². The summed E-state index contributed by atoms with van der Waals surface area (Å²) in [5.74, 6) is 0. The maximum Gasteiger partial charge on any atom is 0.243 e. The van der Waals surface area contributed by atoms with Crippen LogP contribution in [0.4, 0.5) is 5.69 Å². The molecular weight excluding hydrogens is 318 g/mol. The molecule has 0 amide bonds. The summed E-state index contributed by atoms with van der Waals surface area (Å²) in [6.07, 6.45) is 1.45. The number of fused-ring (bicyclic) bond motifs is 1. The second kappa shape index (κ2) is 4.75. The van der Waals surface area contributed by atoms with Crippen molar-refractivity contribution in [2.24, 2.45) is 0 Å². The summed E-state index contributed by atoms with van der Waals surface area (Å²) in [5, 5.41) is 0.572. The van der Waals surface area contributed by atoms with E-state index >= 15 is 0 Å². The van der Waals surface area contributed by atoms with Gasteiger partial charge in [0.2, 0.25) is 10.0 Å². The Hall–Kier alpha value is -1.31. The van der Waals surface area contributed by atoms with Gasteiger partial charge in [0.25, 0.3) is 0 Å². The first kappa shape index (κ1) is 13.1. The van der Waals surface area contributed by atoms with E-state index in [1.54, 1.807) is 18.2 Å². The van der Waals surface area contributed by atoms with Gasteiger partial charge in [-0.3, -0.25) is 0 Å². The summed E-state index contributed by atoms with van der Waals surface area (Å²) in [4.78, 5) is 3.08. The first-order valence-corrected chi connectivity index (χ1v) is 7.37. The Morgan fingerprint density at radius 1 is 1.50 bits per heavy atom. The normalized spacial score (nSPS) is 11.8. The Kier molecular flexibility index (Phi) is 3.47. The lowest BCUT2D eigenvalue weighted by atomic mass is 10.2. The molecule has 1 aromatic heterocycles. The molecule has 4 N–H and O–H groups in total. The predicted molar refractivity (Wildman–Crippen MR) is 76.0 cm³/mol. The highest BCUT2D eigenvalue weighted by Gasteiger charge is 2.18. The van der Waals surface area contributed by atoms with Gasteiger partial charge in [-0.25, -0.2) is 13.1 Å². The maximum absolute atomic E-state index is 12.1. The lowest BCUT2D eigenvalue weighted by Gasteiger charge is -2.04. The number of sulfonamides is 1. The van der Waals surface area contributed by atoms with E-state index in [1.807, 2.05) is 0 Å². The van der Waals surface area contributed by atoms with Gasteiger partial charge in [-0.05, 0) is 18.2 Å². The van der Waals surface area contributed by atoms with Crippen LogP contribution in [0.5, 0.6) is 0 Å². The highest BCUT2D eigenvalue weighted by Crippen LogP contribution is 2.24. The first-order valence-electron chi connectivity index (χ1n) is 5.10. The Balaban J connectivity index is 2.47. The van der Waals surface area contributed by atoms with Crippen molar-refractivity contribution in [3.63, 3.8) is 0 Å². The second-order valence-electron chi connectivity index (χ2n) is 3.80. The number of rotatable bonds is 4. The average molecular weight is 330 g/mol. The monoisotopic (exact) mass is 329 g/mol. The van der Waals surface area contributed by atoms with Crippen molar-refractivity contribution in [3.05, 3.63) is 35.5 Å². The first-order chi connectivity index (χ1) is 8.40. The molecule has 7 heteroatoms. The number of hydrogen-bond donors (Lipinski definition) is 3. The standard InChI is InChI=1S/C11H12BrN3O2S/c1-7(12)5-15-18(16,17)11-6-14-10-3-2-8(13)4-9(10)11/h2-4,6,14-15H,1,5,13H2. The van der Waals surface area contributed by atoms with Crippen molar-refractivity contribution < 1.29 is 8.42 Å². The zero-order valence-electron chi connectivity index (χ0n) is 9.40. The zero-order chi connectivity index (χ0) is 13.3. The summed E-state index contributed by atoms with van der Waals surface area (Å²) < 4.78 is 27.2. The van der Waals surface area contributed by atoms with Crippen molar-refractivity contribution in [3.8, 4) is 0 Å². The van der Waals surface area contributed by atoms with Crippen LogP contribution in [0.3, 0.4) is 0 Å². The Bertz CT molecular complexity index is 706.